The van der Waals surface area contributed by atoms with Gasteiger partial charge in [0.25, 0.3) is 0 Å². The Kier molecular flexibility index (Phi) is 9.16. The van der Waals surface area contributed by atoms with E-state index >= 15 is 0 Å². The number of pyridine rings is 1. The standard InChI is InChI=1S/C52H44N4/c1-5-16-38(17-6-1)46-35-53-56-50(42-22-11-4-12-23-42)49(44-26-13-14-27-45(44)51(46)56)41-31-28-37(29-32-41)36-24-15-25-43(33-30-36)52-54-47(39-18-7-2-8-19-39)34-48(55-52)40-20-9-3-10-21-40/h1-5,7-9,11-14,16,18-19,22,24-35,40,42H,6,10,15,17,20-21,23H2. The Morgan fingerprint density at radius 2 is 1.48 bits per heavy atom. The highest BCUT2D eigenvalue weighted by Crippen LogP contribution is 2.43. The van der Waals surface area contributed by atoms with E-state index in [0.29, 0.717) is 5.92 Å². The molecular weight excluding hydrogens is 681 g/mol. The van der Waals surface area contributed by atoms with Gasteiger partial charge in [-0.1, -0.05) is 158 Å². The van der Waals surface area contributed by atoms with Crippen LogP contribution in [0, 0.1) is 0 Å². The normalized spacial score (nSPS) is 19.2. The Labute approximate surface area is 329 Å². The number of hydrogen-bond donors (Lipinski definition) is 0. The van der Waals surface area contributed by atoms with Crippen molar-refractivity contribution in [2.24, 2.45) is 0 Å². The van der Waals surface area contributed by atoms with Crippen molar-refractivity contribution in [1.82, 2.24) is 19.6 Å². The number of rotatable bonds is 7. The zero-order chi connectivity index (χ0) is 37.3. The van der Waals surface area contributed by atoms with Crippen LogP contribution in [-0.4, -0.2) is 19.6 Å². The van der Waals surface area contributed by atoms with E-state index < -0.39 is 0 Å². The molecule has 0 N–H and O–H groups in total. The van der Waals surface area contributed by atoms with Crippen molar-refractivity contribution < 1.29 is 0 Å². The molecule has 56 heavy (non-hydrogen) atoms. The minimum Gasteiger partial charge on any atom is -0.235 e. The van der Waals surface area contributed by atoms with Gasteiger partial charge in [-0.05, 0) is 78.7 Å². The summed E-state index contributed by atoms with van der Waals surface area (Å²) in [6.07, 6.45) is 38.5. The number of benzene rings is 3. The van der Waals surface area contributed by atoms with Gasteiger partial charge in [0.15, 0.2) is 5.82 Å². The molecule has 0 bridgehead atoms. The van der Waals surface area contributed by atoms with Gasteiger partial charge in [-0.15, -0.1) is 0 Å². The molecule has 3 heterocycles. The van der Waals surface area contributed by atoms with Gasteiger partial charge in [-0.25, -0.2) is 14.5 Å². The first kappa shape index (κ1) is 34.1. The van der Waals surface area contributed by atoms with Gasteiger partial charge < -0.3 is 0 Å². The smallest absolute Gasteiger partial charge is 0.159 e. The largest absolute Gasteiger partial charge is 0.235 e. The van der Waals surface area contributed by atoms with Crippen LogP contribution in [-0.2, 0) is 0 Å². The first-order valence-corrected chi connectivity index (χ1v) is 20.2. The lowest BCUT2D eigenvalue weighted by Gasteiger charge is -2.23. The van der Waals surface area contributed by atoms with E-state index in [-0.39, 0.29) is 5.92 Å². The van der Waals surface area contributed by atoms with E-state index in [2.05, 4.69) is 175 Å². The fourth-order valence-corrected chi connectivity index (χ4v) is 8.89. The number of fused-ring (bicyclic) bond motifs is 3. The molecule has 0 aliphatic heterocycles. The monoisotopic (exact) mass is 724 g/mol. The molecule has 0 saturated carbocycles. The summed E-state index contributed by atoms with van der Waals surface area (Å²) in [6.45, 7) is 0. The SMILES string of the molecule is C1=CCCC(c2cnn3c(C4C=CC=CC4)c(-c4ccc(C5=CCC=C(c6nc(-c7ccccc7)cc(C7CC=CCC7)n6)C=C5)cc4)c4ccccc4c23)=C1. The summed E-state index contributed by atoms with van der Waals surface area (Å²) in [4.78, 5) is 10.3. The predicted octanol–water partition coefficient (Wildman–Crippen LogP) is 13.2. The molecule has 4 heteroatoms. The molecule has 6 aromatic rings. The Hall–Kier alpha value is -6.39. The number of nitrogens with zero attached hydrogens (tertiary/aromatic N) is 4. The van der Waals surface area contributed by atoms with E-state index in [9.17, 15) is 0 Å². The lowest BCUT2D eigenvalue weighted by atomic mass is 9.86. The van der Waals surface area contributed by atoms with E-state index in [0.717, 1.165) is 73.3 Å². The predicted molar refractivity (Wildman–Crippen MR) is 233 cm³/mol. The molecule has 2 unspecified atom stereocenters. The zero-order valence-corrected chi connectivity index (χ0v) is 31.6. The van der Waals surface area contributed by atoms with Crippen molar-refractivity contribution in [3.05, 3.63) is 198 Å². The molecule has 4 nitrogen and oxygen atoms in total. The van der Waals surface area contributed by atoms with Crippen LogP contribution in [0.4, 0.5) is 0 Å². The first-order chi connectivity index (χ1) is 27.8. The van der Waals surface area contributed by atoms with Gasteiger partial charge in [0, 0.05) is 45.2 Å². The molecule has 4 aliphatic carbocycles. The van der Waals surface area contributed by atoms with Crippen molar-refractivity contribution in [2.45, 2.75) is 56.8 Å². The maximum absolute atomic E-state index is 5.20. The van der Waals surface area contributed by atoms with Crippen molar-refractivity contribution in [1.29, 1.82) is 0 Å². The van der Waals surface area contributed by atoms with Gasteiger partial charge >= 0.3 is 0 Å². The van der Waals surface area contributed by atoms with Crippen LogP contribution in [0.25, 0.3) is 55.4 Å². The number of hydrogen-bond acceptors (Lipinski definition) is 3. The van der Waals surface area contributed by atoms with Gasteiger partial charge in [0.1, 0.15) is 0 Å². The summed E-state index contributed by atoms with van der Waals surface area (Å²) in [5.74, 6) is 1.43. The highest BCUT2D eigenvalue weighted by Gasteiger charge is 2.25. The van der Waals surface area contributed by atoms with Crippen LogP contribution in [0.3, 0.4) is 0 Å². The first-order valence-electron chi connectivity index (χ1n) is 20.2. The fourth-order valence-electron chi connectivity index (χ4n) is 8.89. The molecule has 0 saturated heterocycles. The number of allylic oxidation sites excluding steroid dienone is 16. The second kappa shape index (κ2) is 15.0. The summed E-state index contributed by atoms with van der Waals surface area (Å²) in [5, 5.41) is 7.66. The van der Waals surface area contributed by atoms with Gasteiger partial charge in [-0.3, -0.25) is 0 Å². The van der Waals surface area contributed by atoms with Crippen LogP contribution in [0.1, 0.15) is 85.1 Å². The van der Waals surface area contributed by atoms with E-state index in [1.165, 1.54) is 55.4 Å². The molecular formula is C52H44N4. The minimum atomic E-state index is 0.212. The van der Waals surface area contributed by atoms with Crippen LogP contribution < -0.4 is 0 Å². The minimum absolute atomic E-state index is 0.212. The summed E-state index contributed by atoms with van der Waals surface area (Å²) in [6, 6.07) is 30.8. The van der Waals surface area contributed by atoms with Gasteiger partial charge in [-0.2, -0.15) is 5.10 Å². The maximum atomic E-state index is 5.20. The van der Waals surface area contributed by atoms with E-state index in [1.54, 1.807) is 0 Å². The molecule has 0 spiro atoms. The number of aromatic nitrogens is 4. The van der Waals surface area contributed by atoms with Crippen LogP contribution in [0.2, 0.25) is 0 Å². The Morgan fingerprint density at radius 3 is 2.29 bits per heavy atom. The molecule has 3 aromatic heterocycles. The van der Waals surface area contributed by atoms with Crippen molar-refractivity contribution in [2.75, 3.05) is 0 Å². The average molecular weight is 725 g/mol. The summed E-state index contributed by atoms with van der Waals surface area (Å²) in [5.41, 5.74) is 14.2. The summed E-state index contributed by atoms with van der Waals surface area (Å²) >= 11 is 0. The molecule has 272 valence electrons. The quantitative estimate of drug-likeness (QED) is 0.154. The molecule has 3 aromatic carbocycles. The third kappa shape index (κ3) is 6.45. The van der Waals surface area contributed by atoms with Crippen molar-refractivity contribution in [3.63, 3.8) is 0 Å². The zero-order valence-electron chi connectivity index (χ0n) is 31.6. The molecule has 0 radical (unpaired) electrons. The average Bonchev–Trinajstić information content (AvgIpc) is 3.57. The Morgan fingerprint density at radius 1 is 0.661 bits per heavy atom. The topological polar surface area (TPSA) is 43.1 Å². The molecule has 0 fully saturated rings. The lowest BCUT2D eigenvalue weighted by molar-refractivity contribution is 0.599. The third-order valence-corrected chi connectivity index (χ3v) is 11.8. The van der Waals surface area contributed by atoms with Gasteiger partial charge in [0.05, 0.1) is 23.1 Å². The summed E-state index contributed by atoms with van der Waals surface area (Å²) in [7, 11) is 0. The van der Waals surface area contributed by atoms with Gasteiger partial charge in [0.2, 0.25) is 0 Å². The lowest BCUT2D eigenvalue weighted by Crippen LogP contribution is -2.09. The molecule has 10 rings (SSSR count). The fraction of sp³-hybridized carbons (Fsp3) is 0.173. The molecule has 2 atom stereocenters. The highest BCUT2D eigenvalue weighted by atomic mass is 15.2. The molecule has 0 amide bonds. The van der Waals surface area contributed by atoms with Crippen LogP contribution >= 0.6 is 0 Å². The van der Waals surface area contributed by atoms with Crippen molar-refractivity contribution >= 4 is 33.0 Å². The van der Waals surface area contributed by atoms with E-state index in [1.807, 2.05) is 0 Å². The second-order valence-corrected chi connectivity index (χ2v) is 15.3. The third-order valence-electron chi connectivity index (χ3n) is 11.8. The van der Waals surface area contributed by atoms with Crippen LogP contribution in [0.5, 0.6) is 0 Å². The second-order valence-electron chi connectivity index (χ2n) is 15.3. The summed E-state index contributed by atoms with van der Waals surface area (Å²) < 4.78 is 2.25. The van der Waals surface area contributed by atoms with Crippen LogP contribution in [0.15, 0.2) is 170 Å². The Bertz CT molecular complexity index is 2710. The Balaban J connectivity index is 1.01. The van der Waals surface area contributed by atoms with E-state index in [4.69, 9.17) is 15.1 Å². The maximum Gasteiger partial charge on any atom is 0.159 e. The van der Waals surface area contributed by atoms with Crippen molar-refractivity contribution in [3.8, 4) is 22.4 Å². The molecule has 4 aliphatic rings. The highest BCUT2D eigenvalue weighted by molar-refractivity contribution is 6.09.